The van der Waals surface area contributed by atoms with Crippen molar-refractivity contribution in [2.45, 2.75) is 13.0 Å². The standard InChI is InChI=1S/C24H18ClFN6O/c1-14-20(23(33)29-19-4-2-3-13-27-19)21(15-7-11-18(26)12-8-15)32-24(28-14)30-22(31-32)16-5-9-17(25)10-6-16/h2-13,21H,1H3,(H,27,29,33)(H,28,30,31). The molecule has 0 fully saturated rings. The first-order chi connectivity index (χ1) is 16.0. The Balaban J connectivity index is 1.60. The topological polar surface area (TPSA) is 84.7 Å². The predicted octanol–water partition coefficient (Wildman–Crippen LogP) is 5.06. The number of hydrogen-bond acceptors (Lipinski definition) is 5. The highest BCUT2D eigenvalue weighted by Crippen LogP contribution is 2.36. The first-order valence-electron chi connectivity index (χ1n) is 10.2. The Labute approximate surface area is 194 Å². The van der Waals surface area contributed by atoms with Crippen molar-refractivity contribution in [1.82, 2.24) is 19.7 Å². The van der Waals surface area contributed by atoms with Crippen molar-refractivity contribution >= 4 is 29.3 Å². The van der Waals surface area contributed by atoms with E-state index < -0.39 is 6.04 Å². The van der Waals surface area contributed by atoms with Gasteiger partial charge in [-0.1, -0.05) is 29.8 Å². The van der Waals surface area contributed by atoms with Crippen LogP contribution >= 0.6 is 11.6 Å². The van der Waals surface area contributed by atoms with Crippen LogP contribution in [-0.4, -0.2) is 25.7 Å². The Kier molecular flexibility index (Phi) is 5.35. The molecule has 1 amide bonds. The monoisotopic (exact) mass is 460 g/mol. The second-order valence-electron chi connectivity index (χ2n) is 7.50. The second-order valence-corrected chi connectivity index (χ2v) is 7.93. The van der Waals surface area contributed by atoms with Gasteiger partial charge < -0.3 is 10.6 Å². The number of halogens is 2. The summed E-state index contributed by atoms with van der Waals surface area (Å²) in [5.41, 5.74) is 2.50. The summed E-state index contributed by atoms with van der Waals surface area (Å²) in [5.74, 6) is 0.657. The van der Waals surface area contributed by atoms with Crippen LogP contribution in [-0.2, 0) is 4.79 Å². The lowest BCUT2D eigenvalue weighted by atomic mass is 9.95. The highest BCUT2D eigenvalue weighted by Gasteiger charge is 2.34. The van der Waals surface area contributed by atoms with Gasteiger partial charge in [-0.15, -0.1) is 5.10 Å². The van der Waals surface area contributed by atoms with E-state index in [0.29, 0.717) is 39.4 Å². The molecule has 1 unspecified atom stereocenters. The highest BCUT2D eigenvalue weighted by atomic mass is 35.5. The minimum absolute atomic E-state index is 0.345. The van der Waals surface area contributed by atoms with Crippen molar-refractivity contribution in [3.63, 3.8) is 0 Å². The second kappa shape index (κ2) is 8.48. The Morgan fingerprint density at radius 3 is 2.55 bits per heavy atom. The quantitative estimate of drug-likeness (QED) is 0.444. The molecule has 0 saturated heterocycles. The maximum Gasteiger partial charge on any atom is 0.257 e. The van der Waals surface area contributed by atoms with Crippen LogP contribution in [0.2, 0.25) is 5.02 Å². The number of aromatic nitrogens is 4. The summed E-state index contributed by atoms with van der Waals surface area (Å²) in [6.07, 6.45) is 1.60. The van der Waals surface area contributed by atoms with E-state index >= 15 is 0 Å². The fraction of sp³-hybridized carbons (Fsp3) is 0.0833. The first kappa shape index (κ1) is 20.8. The molecule has 1 aliphatic rings. The first-order valence-corrected chi connectivity index (χ1v) is 10.6. The summed E-state index contributed by atoms with van der Waals surface area (Å²) in [4.78, 5) is 22.1. The number of carbonyl (C=O) groups excluding carboxylic acids is 1. The number of benzene rings is 2. The maximum absolute atomic E-state index is 13.7. The van der Waals surface area contributed by atoms with Crippen molar-refractivity contribution in [2.24, 2.45) is 0 Å². The molecule has 7 nitrogen and oxygen atoms in total. The van der Waals surface area contributed by atoms with E-state index in [0.717, 1.165) is 5.56 Å². The van der Waals surface area contributed by atoms with Crippen molar-refractivity contribution < 1.29 is 9.18 Å². The van der Waals surface area contributed by atoms with Gasteiger partial charge in [0.2, 0.25) is 5.95 Å². The third-order valence-corrected chi connectivity index (χ3v) is 5.54. The SMILES string of the molecule is CC1=C(C(=O)Nc2ccccn2)C(c2ccc(F)cc2)n2nc(-c3ccc(Cl)cc3)nc2N1. The molecular weight excluding hydrogens is 443 g/mol. The molecule has 33 heavy (non-hydrogen) atoms. The number of nitrogens with one attached hydrogen (secondary N) is 2. The van der Waals surface area contributed by atoms with Crippen LogP contribution in [0.5, 0.6) is 0 Å². The minimum atomic E-state index is -0.626. The minimum Gasteiger partial charge on any atom is -0.328 e. The van der Waals surface area contributed by atoms with Crippen LogP contribution in [0.1, 0.15) is 18.5 Å². The van der Waals surface area contributed by atoms with Gasteiger partial charge in [-0.3, -0.25) is 4.79 Å². The molecule has 2 aromatic heterocycles. The summed E-state index contributed by atoms with van der Waals surface area (Å²) in [5, 5.41) is 11.3. The number of amides is 1. The van der Waals surface area contributed by atoms with Crippen molar-refractivity contribution in [2.75, 3.05) is 10.6 Å². The fourth-order valence-corrected chi connectivity index (χ4v) is 3.87. The van der Waals surface area contributed by atoms with E-state index in [1.54, 1.807) is 60.3 Å². The number of fused-ring (bicyclic) bond motifs is 1. The van der Waals surface area contributed by atoms with Crippen LogP contribution in [0.25, 0.3) is 11.4 Å². The third kappa shape index (κ3) is 4.08. The Hall–Kier alpha value is -4.04. The lowest BCUT2D eigenvalue weighted by Gasteiger charge is -2.28. The van der Waals surface area contributed by atoms with Gasteiger partial charge in [-0.05, 0) is 61.0 Å². The van der Waals surface area contributed by atoms with Gasteiger partial charge in [0, 0.05) is 22.5 Å². The number of pyridine rings is 1. The van der Waals surface area contributed by atoms with Crippen molar-refractivity contribution in [3.05, 3.63) is 101 Å². The molecule has 2 N–H and O–H groups in total. The molecule has 0 radical (unpaired) electrons. The lowest BCUT2D eigenvalue weighted by Crippen LogP contribution is -2.31. The number of rotatable bonds is 4. The van der Waals surface area contributed by atoms with Gasteiger partial charge in [0.05, 0.1) is 5.57 Å². The number of carbonyl (C=O) groups is 1. The molecule has 9 heteroatoms. The van der Waals surface area contributed by atoms with Gasteiger partial charge in [0.1, 0.15) is 17.7 Å². The smallest absolute Gasteiger partial charge is 0.257 e. The van der Waals surface area contributed by atoms with Gasteiger partial charge in [-0.2, -0.15) is 4.98 Å². The summed E-state index contributed by atoms with van der Waals surface area (Å²) >= 11 is 6.01. The average molecular weight is 461 g/mol. The fourth-order valence-electron chi connectivity index (χ4n) is 3.74. The molecule has 1 atom stereocenters. The highest BCUT2D eigenvalue weighted by molar-refractivity contribution is 6.30. The number of anilines is 2. The largest absolute Gasteiger partial charge is 0.328 e. The summed E-state index contributed by atoms with van der Waals surface area (Å²) in [6, 6.07) is 17.8. The van der Waals surface area contributed by atoms with Gasteiger partial charge in [0.25, 0.3) is 5.91 Å². The van der Waals surface area contributed by atoms with Crippen LogP contribution in [0, 0.1) is 5.82 Å². The van der Waals surface area contributed by atoms with E-state index in [9.17, 15) is 9.18 Å². The molecule has 0 aliphatic carbocycles. The van der Waals surface area contributed by atoms with Gasteiger partial charge in [0.15, 0.2) is 5.82 Å². The van der Waals surface area contributed by atoms with E-state index in [1.807, 2.05) is 12.1 Å². The molecule has 4 aromatic rings. The molecule has 0 saturated carbocycles. The van der Waals surface area contributed by atoms with Crippen LogP contribution < -0.4 is 10.6 Å². The molecule has 3 heterocycles. The molecule has 5 rings (SSSR count). The van der Waals surface area contributed by atoms with Gasteiger partial charge >= 0.3 is 0 Å². The molecule has 0 bridgehead atoms. The zero-order chi connectivity index (χ0) is 22.9. The average Bonchev–Trinajstić information content (AvgIpc) is 3.23. The maximum atomic E-state index is 13.7. The van der Waals surface area contributed by atoms with E-state index in [2.05, 4.69) is 25.7 Å². The Bertz CT molecular complexity index is 1350. The molecule has 1 aliphatic heterocycles. The number of nitrogens with zero attached hydrogens (tertiary/aromatic N) is 4. The molecule has 0 spiro atoms. The van der Waals surface area contributed by atoms with Crippen molar-refractivity contribution in [3.8, 4) is 11.4 Å². The van der Waals surface area contributed by atoms with E-state index in [-0.39, 0.29) is 11.7 Å². The van der Waals surface area contributed by atoms with Crippen molar-refractivity contribution in [1.29, 1.82) is 0 Å². The molecular formula is C24H18ClFN6O. The van der Waals surface area contributed by atoms with Crippen LogP contribution in [0.15, 0.2) is 84.2 Å². The normalized spacial score (nSPS) is 15.1. The zero-order valence-electron chi connectivity index (χ0n) is 17.5. The summed E-state index contributed by atoms with van der Waals surface area (Å²) in [7, 11) is 0. The lowest BCUT2D eigenvalue weighted by molar-refractivity contribution is -0.113. The molecule has 2 aromatic carbocycles. The summed E-state index contributed by atoms with van der Waals surface area (Å²) in [6.45, 7) is 1.80. The van der Waals surface area contributed by atoms with Gasteiger partial charge in [-0.25, -0.2) is 14.1 Å². The van der Waals surface area contributed by atoms with E-state index in [1.165, 1.54) is 12.1 Å². The van der Waals surface area contributed by atoms with Crippen LogP contribution in [0.4, 0.5) is 16.2 Å². The predicted molar refractivity (Wildman–Crippen MR) is 124 cm³/mol. The Morgan fingerprint density at radius 2 is 1.85 bits per heavy atom. The number of hydrogen-bond donors (Lipinski definition) is 2. The Morgan fingerprint density at radius 1 is 1.09 bits per heavy atom. The summed E-state index contributed by atoms with van der Waals surface area (Å²) < 4.78 is 15.3. The van der Waals surface area contributed by atoms with Crippen LogP contribution in [0.3, 0.4) is 0 Å². The zero-order valence-corrected chi connectivity index (χ0v) is 18.2. The third-order valence-electron chi connectivity index (χ3n) is 5.29. The molecule has 164 valence electrons. The number of allylic oxidation sites excluding steroid dienone is 1. The van der Waals surface area contributed by atoms with E-state index in [4.69, 9.17) is 11.6 Å².